The summed E-state index contributed by atoms with van der Waals surface area (Å²) < 4.78 is 0. The molecule has 6 heteroatoms. The van der Waals surface area contributed by atoms with Crippen LogP contribution >= 0.6 is 0 Å². The smallest absolute Gasteiger partial charge is 0.191 e. The van der Waals surface area contributed by atoms with E-state index in [9.17, 15) is 0 Å². The Hall–Kier alpha value is -2.26. The number of benzene rings is 1. The van der Waals surface area contributed by atoms with E-state index in [4.69, 9.17) is 5.26 Å². The van der Waals surface area contributed by atoms with Crippen molar-refractivity contribution in [2.45, 2.75) is 19.5 Å². The Labute approximate surface area is 98.7 Å². The lowest BCUT2D eigenvalue weighted by Gasteiger charge is -2.09. The largest absolute Gasteiger partial charge is 0.303 e. The molecule has 1 heterocycles. The third-order valence-electron chi connectivity index (χ3n) is 2.44. The van der Waals surface area contributed by atoms with Crippen molar-refractivity contribution in [2.24, 2.45) is 0 Å². The van der Waals surface area contributed by atoms with Gasteiger partial charge >= 0.3 is 0 Å². The predicted octanol–water partition coefficient (Wildman–Crippen LogP) is 0.922. The van der Waals surface area contributed by atoms with Crippen LogP contribution in [0.2, 0.25) is 0 Å². The zero-order valence-corrected chi connectivity index (χ0v) is 9.38. The lowest BCUT2D eigenvalue weighted by molar-refractivity contribution is 0.547. The summed E-state index contributed by atoms with van der Waals surface area (Å²) >= 11 is 0. The minimum Gasteiger partial charge on any atom is -0.303 e. The maximum absolute atomic E-state index is 8.68. The molecule has 0 saturated carbocycles. The van der Waals surface area contributed by atoms with Crippen LogP contribution < -0.4 is 5.32 Å². The molecule has 1 atom stereocenters. The molecule has 0 amide bonds. The first-order chi connectivity index (χ1) is 8.29. The molecule has 6 nitrogen and oxygen atoms in total. The Bertz CT molecular complexity index is 496. The molecule has 2 N–H and O–H groups in total. The second-order valence-electron chi connectivity index (χ2n) is 3.68. The Morgan fingerprint density at radius 2 is 2.18 bits per heavy atom. The molecule has 0 aliphatic rings. The van der Waals surface area contributed by atoms with E-state index in [0.717, 1.165) is 5.56 Å². The molecule has 86 valence electrons. The molecule has 17 heavy (non-hydrogen) atoms. The zero-order valence-electron chi connectivity index (χ0n) is 9.38. The minimum atomic E-state index is 0.0318. The van der Waals surface area contributed by atoms with Crippen molar-refractivity contribution < 1.29 is 0 Å². The van der Waals surface area contributed by atoms with E-state index in [1.54, 1.807) is 12.1 Å². The SMILES string of the molecule is CC(NCc1ccc(C#N)cc1)c1nn[nH]n1. The van der Waals surface area contributed by atoms with Crippen LogP contribution in [0, 0.1) is 11.3 Å². The van der Waals surface area contributed by atoms with Crippen molar-refractivity contribution in [2.75, 3.05) is 0 Å². The number of nitrogens with one attached hydrogen (secondary N) is 2. The van der Waals surface area contributed by atoms with Gasteiger partial charge in [0.1, 0.15) is 0 Å². The van der Waals surface area contributed by atoms with E-state index in [1.165, 1.54) is 0 Å². The van der Waals surface area contributed by atoms with Gasteiger partial charge in [0.25, 0.3) is 0 Å². The van der Waals surface area contributed by atoms with E-state index in [-0.39, 0.29) is 6.04 Å². The van der Waals surface area contributed by atoms with Crippen LogP contribution in [0.3, 0.4) is 0 Å². The Balaban J connectivity index is 1.91. The fourth-order valence-corrected chi connectivity index (χ4v) is 1.41. The average Bonchev–Trinajstić information content (AvgIpc) is 2.90. The summed E-state index contributed by atoms with van der Waals surface area (Å²) in [5.74, 6) is 0.638. The van der Waals surface area contributed by atoms with E-state index >= 15 is 0 Å². The fraction of sp³-hybridized carbons (Fsp3) is 0.273. The Morgan fingerprint density at radius 3 is 2.76 bits per heavy atom. The standard InChI is InChI=1S/C11H12N6/c1-8(11-14-16-17-15-11)13-7-10-4-2-9(6-12)3-5-10/h2-5,8,13H,7H2,1H3,(H,14,15,16,17). The first-order valence-corrected chi connectivity index (χ1v) is 5.25. The van der Waals surface area contributed by atoms with Crippen LogP contribution in [0.15, 0.2) is 24.3 Å². The molecule has 0 saturated heterocycles. The highest BCUT2D eigenvalue weighted by Crippen LogP contribution is 2.07. The van der Waals surface area contributed by atoms with Gasteiger partial charge in [-0.3, -0.25) is 0 Å². The molecule has 0 fully saturated rings. The highest BCUT2D eigenvalue weighted by Gasteiger charge is 2.08. The highest BCUT2D eigenvalue weighted by molar-refractivity contribution is 5.31. The summed E-state index contributed by atoms with van der Waals surface area (Å²) in [7, 11) is 0. The van der Waals surface area contributed by atoms with Gasteiger partial charge in [0.2, 0.25) is 0 Å². The number of H-pyrrole nitrogens is 1. The number of nitriles is 1. The number of aromatic nitrogens is 4. The summed E-state index contributed by atoms with van der Waals surface area (Å²) in [6.07, 6.45) is 0. The van der Waals surface area contributed by atoms with Gasteiger partial charge in [-0.1, -0.05) is 17.3 Å². The van der Waals surface area contributed by atoms with Crippen molar-refractivity contribution in [3.63, 3.8) is 0 Å². The molecule has 0 aliphatic carbocycles. The van der Waals surface area contributed by atoms with Crippen molar-refractivity contribution in [3.05, 3.63) is 41.2 Å². The van der Waals surface area contributed by atoms with Crippen molar-refractivity contribution in [1.82, 2.24) is 25.9 Å². The molecule has 2 aromatic rings. The van der Waals surface area contributed by atoms with Crippen LogP contribution in [0.5, 0.6) is 0 Å². The van der Waals surface area contributed by atoms with Crippen molar-refractivity contribution in [1.29, 1.82) is 5.26 Å². The van der Waals surface area contributed by atoms with Crippen LogP contribution in [0.4, 0.5) is 0 Å². The van der Waals surface area contributed by atoms with E-state index in [2.05, 4.69) is 32.0 Å². The van der Waals surface area contributed by atoms with Gasteiger partial charge in [0.15, 0.2) is 5.82 Å². The molecular formula is C11H12N6. The number of rotatable bonds is 4. The van der Waals surface area contributed by atoms with Gasteiger partial charge in [-0.05, 0) is 24.6 Å². The van der Waals surface area contributed by atoms with Crippen LogP contribution in [0.1, 0.15) is 29.9 Å². The van der Waals surface area contributed by atoms with E-state index in [0.29, 0.717) is 17.9 Å². The molecule has 0 spiro atoms. The van der Waals surface area contributed by atoms with Gasteiger partial charge < -0.3 is 5.32 Å². The number of nitrogens with zero attached hydrogens (tertiary/aromatic N) is 4. The van der Waals surface area contributed by atoms with Crippen molar-refractivity contribution >= 4 is 0 Å². The summed E-state index contributed by atoms with van der Waals surface area (Å²) in [6.45, 7) is 2.66. The maximum atomic E-state index is 8.68. The number of tetrazole rings is 1. The summed E-state index contributed by atoms with van der Waals surface area (Å²) in [4.78, 5) is 0. The molecule has 1 aromatic carbocycles. The number of hydrogen-bond donors (Lipinski definition) is 2. The van der Waals surface area contributed by atoms with Crippen LogP contribution in [-0.2, 0) is 6.54 Å². The molecular weight excluding hydrogens is 216 g/mol. The van der Waals surface area contributed by atoms with Crippen LogP contribution in [0.25, 0.3) is 0 Å². The summed E-state index contributed by atoms with van der Waals surface area (Å²) in [5, 5.41) is 25.7. The Morgan fingerprint density at radius 1 is 1.41 bits per heavy atom. The molecule has 2 rings (SSSR count). The van der Waals surface area contributed by atoms with Gasteiger partial charge in [0.05, 0.1) is 17.7 Å². The highest BCUT2D eigenvalue weighted by atomic mass is 15.5. The first-order valence-electron chi connectivity index (χ1n) is 5.25. The number of hydrogen-bond acceptors (Lipinski definition) is 5. The molecule has 0 radical (unpaired) electrons. The molecule has 0 aliphatic heterocycles. The monoisotopic (exact) mass is 228 g/mol. The quantitative estimate of drug-likeness (QED) is 0.812. The zero-order chi connectivity index (χ0) is 12.1. The van der Waals surface area contributed by atoms with Gasteiger partial charge in [-0.25, -0.2) is 0 Å². The first kappa shape index (κ1) is 11.2. The van der Waals surface area contributed by atoms with Crippen LogP contribution in [-0.4, -0.2) is 20.6 Å². The topological polar surface area (TPSA) is 90.3 Å². The van der Waals surface area contributed by atoms with Gasteiger partial charge in [-0.15, -0.1) is 10.2 Å². The summed E-state index contributed by atoms with van der Waals surface area (Å²) in [6, 6.07) is 9.57. The third kappa shape index (κ3) is 2.86. The Kier molecular flexibility index (Phi) is 3.43. The normalized spacial score (nSPS) is 12.0. The second-order valence-corrected chi connectivity index (χ2v) is 3.68. The van der Waals surface area contributed by atoms with Crippen molar-refractivity contribution in [3.8, 4) is 6.07 Å². The fourth-order valence-electron chi connectivity index (χ4n) is 1.41. The molecule has 1 aromatic heterocycles. The third-order valence-corrected chi connectivity index (χ3v) is 2.44. The summed E-state index contributed by atoms with van der Waals surface area (Å²) in [5.41, 5.74) is 1.78. The minimum absolute atomic E-state index is 0.0318. The maximum Gasteiger partial charge on any atom is 0.191 e. The number of aromatic amines is 1. The van der Waals surface area contributed by atoms with Gasteiger partial charge in [-0.2, -0.15) is 10.5 Å². The average molecular weight is 228 g/mol. The predicted molar refractivity (Wildman–Crippen MR) is 60.6 cm³/mol. The second kappa shape index (κ2) is 5.18. The lowest BCUT2D eigenvalue weighted by atomic mass is 10.1. The van der Waals surface area contributed by atoms with E-state index in [1.807, 2.05) is 19.1 Å². The lowest BCUT2D eigenvalue weighted by Crippen LogP contribution is -2.19. The molecule has 1 unspecified atom stereocenters. The van der Waals surface area contributed by atoms with Gasteiger partial charge in [0, 0.05) is 6.54 Å². The molecule has 0 bridgehead atoms. The van der Waals surface area contributed by atoms with E-state index < -0.39 is 0 Å².